The first-order chi connectivity index (χ1) is 5.17. The summed E-state index contributed by atoms with van der Waals surface area (Å²) < 4.78 is 0. The fourth-order valence-electron chi connectivity index (χ4n) is 1.98. The van der Waals surface area contributed by atoms with E-state index in [-0.39, 0.29) is 0 Å². The number of hydrogen-bond acceptors (Lipinski definition) is 0. The molecule has 11 heavy (non-hydrogen) atoms. The standard InChI is InChI=1S/C10H19Si/c1-4-9-11(2,3)10-7-5-6-8-10/h4H,1,5-9H2,2-3H3. The predicted molar refractivity (Wildman–Crippen MR) is 54.2 cm³/mol. The molecule has 1 fully saturated rings. The third kappa shape index (κ3) is 2.19. The molecule has 0 saturated heterocycles. The molecule has 1 aliphatic rings. The Morgan fingerprint density at radius 3 is 2.36 bits per heavy atom. The molecule has 0 amide bonds. The van der Waals surface area contributed by atoms with Gasteiger partial charge in [0.15, 0.2) is 0 Å². The van der Waals surface area contributed by atoms with Crippen LogP contribution in [0.15, 0.2) is 12.7 Å². The number of hydrogen-bond donors (Lipinski definition) is 0. The van der Waals surface area contributed by atoms with Gasteiger partial charge in [-0.3, -0.25) is 0 Å². The van der Waals surface area contributed by atoms with Crippen LogP contribution in [0.4, 0.5) is 0 Å². The van der Waals surface area contributed by atoms with E-state index in [4.69, 9.17) is 0 Å². The highest BCUT2D eigenvalue weighted by Gasteiger charge is 2.32. The molecule has 1 heteroatoms. The summed E-state index contributed by atoms with van der Waals surface area (Å²) in [6.07, 6.45) is 7.85. The molecule has 1 rings (SSSR count). The third-order valence-electron chi connectivity index (χ3n) is 2.82. The smallest absolute Gasteiger partial charge is 0.0576 e. The van der Waals surface area contributed by atoms with E-state index in [1.54, 1.807) is 0 Å². The average molecular weight is 167 g/mol. The van der Waals surface area contributed by atoms with Crippen LogP contribution in [0.1, 0.15) is 25.7 Å². The topological polar surface area (TPSA) is 0 Å². The molecular formula is C10H19Si. The summed E-state index contributed by atoms with van der Waals surface area (Å²) in [5, 5.41) is 0. The predicted octanol–water partition coefficient (Wildman–Crippen LogP) is 3.57. The largest absolute Gasteiger partial charge is 0.103 e. The van der Waals surface area contributed by atoms with E-state index >= 15 is 0 Å². The van der Waals surface area contributed by atoms with E-state index in [0.717, 1.165) is 0 Å². The van der Waals surface area contributed by atoms with Crippen LogP contribution in [0.25, 0.3) is 0 Å². The summed E-state index contributed by atoms with van der Waals surface area (Å²) in [5.74, 6) is 0. The fraction of sp³-hybridized carbons (Fsp3) is 0.700. The van der Waals surface area contributed by atoms with E-state index in [9.17, 15) is 0 Å². The first-order valence-electron chi connectivity index (χ1n) is 4.63. The molecule has 1 saturated carbocycles. The normalized spacial score (nSPS) is 20.5. The van der Waals surface area contributed by atoms with Gasteiger partial charge < -0.3 is 0 Å². The molecule has 1 radical (unpaired) electrons. The Labute approximate surface area is 71.7 Å². The van der Waals surface area contributed by atoms with Gasteiger partial charge in [0.25, 0.3) is 0 Å². The minimum absolute atomic E-state index is 0.972. The van der Waals surface area contributed by atoms with Gasteiger partial charge in [-0.2, -0.15) is 0 Å². The Morgan fingerprint density at radius 1 is 1.36 bits per heavy atom. The van der Waals surface area contributed by atoms with Gasteiger partial charge >= 0.3 is 0 Å². The summed E-state index contributed by atoms with van der Waals surface area (Å²) in [4.78, 5) is 0. The molecule has 1 aliphatic carbocycles. The van der Waals surface area contributed by atoms with E-state index < -0.39 is 8.07 Å². The summed E-state index contributed by atoms with van der Waals surface area (Å²) in [7, 11) is -0.972. The Morgan fingerprint density at radius 2 is 1.91 bits per heavy atom. The van der Waals surface area contributed by atoms with Crippen molar-refractivity contribution in [3.8, 4) is 0 Å². The summed E-state index contributed by atoms with van der Waals surface area (Å²) in [6.45, 7) is 8.80. The van der Waals surface area contributed by atoms with Crippen LogP contribution in [-0.4, -0.2) is 8.07 Å². The van der Waals surface area contributed by atoms with Gasteiger partial charge in [0, 0.05) is 0 Å². The van der Waals surface area contributed by atoms with Crippen LogP contribution in [0, 0.1) is 5.54 Å². The van der Waals surface area contributed by atoms with Gasteiger partial charge in [-0.25, -0.2) is 0 Å². The lowest BCUT2D eigenvalue weighted by Gasteiger charge is -2.27. The molecule has 0 atom stereocenters. The van der Waals surface area contributed by atoms with E-state index in [1.807, 2.05) is 5.54 Å². The van der Waals surface area contributed by atoms with Crippen molar-refractivity contribution in [3.63, 3.8) is 0 Å². The van der Waals surface area contributed by atoms with Crippen LogP contribution >= 0.6 is 0 Å². The molecule has 0 aromatic carbocycles. The van der Waals surface area contributed by atoms with Crippen molar-refractivity contribution >= 4 is 8.07 Å². The maximum atomic E-state index is 3.84. The van der Waals surface area contributed by atoms with E-state index in [2.05, 4.69) is 25.7 Å². The van der Waals surface area contributed by atoms with E-state index in [1.165, 1.54) is 31.7 Å². The molecular weight excluding hydrogens is 148 g/mol. The van der Waals surface area contributed by atoms with Crippen LogP contribution in [0.3, 0.4) is 0 Å². The highest BCUT2D eigenvalue weighted by Crippen LogP contribution is 2.36. The molecule has 63 valence electrons. The van der Waals surface area contributed by atoms with Crippen molar-refractivity contribution in [1.29, 1.82) is 0 Å². The quantitative estimate of drug-likeness (QED) is 0.445. The third-order valence-corrected chi connectivity index (χ3v) is 6.54. The molecule has 0 aromatic rings. The zero-order chi connectivity index (χ0) is 8.32. The highest BCUT2D eigenvalue weighted by molar-refractivity contribution is 6.83. The molecule has 0 bridgehead atoms. The SMILES string of the molecule is C=CC[Si](C)(C)[C]1CCCC1. The van der Waals surface area contributed by atoms with Crippen molar-refractivity contribution in [2.45, 2.75) is 44.8 Å². The van der Waals surface area contributed by atoms with Gasteiger partial charge in [-0.1, -0.05) is 32.0 Å². The molecule has 0 N–H and O–H groups in total. The van der Waals surface area contributed by atoms with Gasteiger partial charge in [0.05, 0.1) is 8.07 Å². The van der Waals surface area contributed by atoms with Crippen LogP contribution < -0.4 is 0 Å². The Hall–Kier alpha value is -0.0431. The summed E-state index contributed by atoms with van der Waals surface area (Å²) in [6, 6.07) is 1.28. The first-order valence-corrected chi connectivity index (χ1v) is 7.83. The van der Waals surface area contributed by atoms with Crippen molar-refractivity contribution < 1.29 is 0 Å². The zero-order valence-electron chi connectivity index (χ0n) is 7.82. The summed E-state index contributed by atoms with van der Waals surface area (Å²) >= 11 is 0. The van der Waals surface area contributed by atoms with Crippen LogP contribution in [-0.2, 0) is 0 Å². The van der Waals surface area contributed by atoms with Crippen molar-refractivity contribution in [2.24, 2.45) is 0 Å². The molecule has 0 spiro atoms. The maximum absolute atomic E-state index is 3.84. The zero-order valence-corrected chi connectivity index (χ0v) is 8.82. The molecule has 0 heterocycles. The van der Waals surface area contributed by atoms with Gasteiger partial charge in [-0.05, 0) is 24.4 Å². The second-order valence-electron chi connectivity index (χ2n) is 4.19. The second-order valence-corrected chi connectivity index (χ2v) is 9.07. The number of allylic oxidation sites excluding steroid dienone is 1. The second kappa shape index (κ2) is 3.57. The monoisotopic (exact) mass is 167 g/mol. The molecule has 0 aromatic heterocycles. The maximum Gasteiger partial charge on any atom is 0.0576 e. The van der Waals surface area contributed by atoms with E-state index in [0.29, 0.717) is 0 Å². The van der Waals surface area contributed by atoms with Gasteiger partial charge in [-0.15, -0.1) is 6.58 Å². The lowest BCUT2D eigenvalue weighted by Crippen LogP contribution is -2.32. The van der Waals surface area contributed by atoms with Crippen LogP contribution in [0.2, 0.25) is 19.1 Å². The molecule has 0 nitrogen and oxygen atoms in total. The lowest BCUT2D eigenvalue weighted by atomic mass is 10.4. The highest BCUT2D eigenvalue weighted by atomic mass is 28.3. The van der Waals surface area contributed by atoms with Crippen molar-refractivity contribution in [1.82, 2.24) is 0 Å². The number of rotatable bonds is 3. The lowest BCUT2D eigenvalue weighted by molar-refractivity contribution is 0.886. The minimum Gasteiger partial charge on any atom is -0.103 e. The summed E-state index contributed by atoms with van der Waals surface area (Å²) in [5.41, 5.74) is 1.90. The van der Waals surface area contributed by atoms with Crippen molar-refractivity contribution in [3.05, 3.63) is 18.2 Å². The average Bonchev–Trinajstić information content (AvgIpc) is 2.37. The van der Waals surface area contributed by atoms with Crippen molar-refractivity contribution in [2.75, 3.05) is 0 Å². The minimum atomic E-state index is -0.972. The Balaban J connectivity index is 2.47. The first kappa shape index (κ1) is 9.05. The Kier molecular flexibility index (Phi) is 2.94. The molecule has 0 unspecified atom stereocenters. The molecule has 0 aliphatic heterocycles. The van der Waals surface area contributed by atoms with Gasteiger partial charge in [0.1, 0.15) is 0 Å². The Bertz CT molecular complexity index is 132. The van der Waals surface area contributed by atoms with Gasteiger partial charge in [0.2, 0.25) is 0 Å². The van der Waals surface area contributed by atoms with Crippen LogP contribution in [0.5, 0.6) is 0 Å². The fourth-order valence-corrected chi connectivity index (χ4v) is 4.70.